The first-order valence-electron chi connectivity index (χ1n) is 15.4. The molecule has 0 atom stereocenters. The highest BCUT2D eigenvalue weighted by Gasteiger charge is 2.20. The molecule has 0 spiro atoms. The average Bonchev–Trinajstić information content (AvgIpc) is 3.49. The summed E-state index contributed by atoms with van der Waals surface area (Å²) in [6.45, 7) is 0. The summed E-state index contributed by atoms with van der Waals surface area (Å²) in [6, 6.07) is 60.8. The SMILES string of the molecule is c1ccc(-c2ccccc2-c2c3ccccc3c(-c3ccc4c(c3)oc3cccc(-c5ccccc5)c34)c3ccccc23)cc1. The zero-order valence-corrected chi connectivity index (χ0v) is 24.6. The smallest absolute Gasteiger partial charge is 0.136 e. The number of benzene rings is 8. The van der Waals surface area contributed by atoms with Crippen LogP contribution in [0.25, 0.3) is 88.0 Å². The fourth-order valence-corrected chi connectivity index (χ4v) is 7.14. The number of rotatable bonds is 4. The first-order valence-corrected chi connectivity index (χ1v) is 15.4. The van der Waals surface area contributed by atoms with Crippen LogP contribution in [-0.4, -0.2) is 0 Å². The number of hydrogen-bond acceptors (Lipinski definition) is 1. The predicted molar refractivity (Wildman–Crippen MR) is 190 cm³/mol. The maximum Gasteiger partial charge on any atom is 0.136 e. The fraction of sp³-hybridized carbons (Fsp3) is 0. The molecule has 0 amide bonds. The Balaban J connectivity index is 1.32. The van der Waals surface area contributed by atoms with E-state index in [0.29, 0.717) is 0 Å². The maximum atomic E-state index is 6.56. The fourth-order valence-electron chi connectivity index (χ4n) is 7.14. The lowest BCUT2D eigenvalue weighted by Gasteiger charge is -2.19. The van der Waals surface area contributed by atoms with Gasteiger partial charge in [0.1, 0.15) is 11.2 Å². The lowest BCUT2D eigenvalue weighted by atomic mass is 9.84. The Morgan fingerprint density at radius 3 is 1.44 bits per heavy atom. The minimum atomic E-state index is 0.901. The highest BCUT2D eigenvalue weighted by atomic mass is 16.3. The van der Waals surface area contributed by atoms with Gasteiger partial charge in [-0.25, -0.2) is 0 Å². The van der Waals surface area contributed by atoms with Gasteiger partial charge in [0.25, 0.3) is 0 Å². The molecule has 0 aliphatic heterocycles. The second-order valence-corrected chi connectivity index (χ2v) is 11.6. The molecular formula is C44H28O. The van der Waals surface area contributed by atoms with Gasteiger partial charge in [-0.2, -0.15) is 0 Å². The molecule has 1 heterocycles. The van der Waals surface area contributed by atoms with Crippen molar-refractivity contribution < 1.29 is 4.42 Å². The van der Waals surface area contributed by atoms with Crippen LogP contribution in [0.1, 0.15) is 0 Å². The number of fused-ring (bicyclic) bond motifs is 5. The van der Waals surface area contributed by atoms with E-state index < -0.39 is 0 Å². The van der Waals surface area contributed by atoms with Gasteiger partial charge in [0.2, 0.25) is 0 Å². The molecule has 9 rings (SSSR count). The Bertz CT molecular complexity index is 2460. The van der Waals surface area contributed by atoms with Crippen LogP contribution in [0.4, 0.5) is 0 Å². The van der Waals surface area contributed by atoms with Crippen molar-refractivity contribution in [3.8, 4) is 44.5 Å². The molecule has 1 aromatic heterocycles. The summed E-state index contributed by atoms with van der Waals surface area (Å²) in [5, 5.41) is 7.24. The van der Waals surface area contributed by atoms with Crippen molar-refractivity contribution in [1.82, 2.24) is 0 Å². The Morgan fingerprint density at radius 1 is 0.289 bits per heavy atom. The van der Waals surface area contributed by atoms with Crippen LogP contribution >= 0.6 is 0 Å². The van der Waals surface area contributed by atoms with E-state index in [2.05, 4.69) is 170 Å². The van der Waals surface area contributed by atoms with Crippen LogP contribution in [0.5, 0.6) is 0 Å². The van der Waals surface area contributed by atoms with Gasteiger partial charge in [-0.15, -0.1) is 0 Å². The molecule has 0 unspecified atom stereocenters. The van der Waals surface area contributed by atoms with Crippen molar-refractivity contribution in [1.29, 1.82) is 0 Å². The highest BCUT2D eigenvalue weighted by Crippen LogP contribution is 2.47. The molecule has 1 nitrogen and oxygen atoms in total. The monoisotopic (exact) mass is 572 g/mol. The van der Waals surface area contributed by atoms with Crippen LogP contribution in [0.15, 0.2) is 174 Å². The van der Waals surface area contributed by atoms with Crippen LogP contribution in [0.3, 0.4) is 0 Å². The summed E-state index contributed by atoms with van der Waals surface area (Å²) in [7, 11) is 0. The van der Waals surface area contributed by atoms with E-state index >= 15 is 0 Å². The summed E-state index contributed by atoms with van der Waals surface area (Å²) in [4.78, 5) is 0. The van der Waals surface area contributed by atoms with E-state index in [1.54, 1.807) is 0 Å². The summed E-state index contributed by atoms with van der Waals surface area (Å²) >= 11 is 0. The van der Waals surface area contributed by atoms with Crippen LogP contribution < -0.4 is 0 Å². The lowest BCUT2D eigenvalue weighted by Crippen LogP contribution is -1.92. The van der Waals surface area contributed by atoms with Crippen molar-refractivity contribution in [3.63, 3.8) is 0 Å². The van der Waals surface area contributed by atoms with Crippen molar-refractivity contribution in [3.05, 3.63) is 170 Å². The van der Waals surface area contributed by atoms with E-state index in [0.717, 1.165) is 27.5 Å². The summed E-state index contributed by atoms with van der Waals surface area (Å²) in [5.41, 5.74) is 11.5. The Hall–Kier alpha value is -5.92. The lowest BCUT2D eigenvalue weighted by molar-refractivity contribution is 0.669. The molecule has 45 heavy (non-hydrogen) atoms. The molecule has 0 saturated heterocycles. The first kappa shape index (κ1) is 25.6. The molecule has 8 aromatic carbocycles. The molecular weight excluding hydrogens is 544 g/mol. The van der Waals surface area contributed by atoms with E-state index in [-0.39, 0.29) is 0 Å². The first-order chi connectivity index (χ1) is 22.3. The second-order valence-electron chi connectivity index (χ2n) is 11.6. The Labute approximate surface area is 261 Å². The predicted octanol–water partition coefficient (Wildman–Crippen LogP) is 12.6. The quantitative estimate of drug-likeness (QED) is 0.191. The van der Waals surface area contributed by atoms with E-state index in [1.165, 1.54) is 60.5 Å². The molecule has 0 aliphatic rings. The number of hydrogen-bond donors (Lipinski definition) is 0. The molecule has 1 heteroatoms. The minimum absolute atomic E-state index is 0.901. The largest absolute Gasteiger partial charge is 0.456 e. The van der Waals surface area contributed by atoms with Gasteiger partial charge in [-0.3, -0.25) is 0 Å². The van der Waals surface area contributed by atoms with Crippen molar-refractivity contribution in [2.45, 2.75) is 0 Å². The van der Waals surface area contributed by atoms with Gasteiger partial charge in [0, 0.05) is 10.8 Å². The highest BCUT2D eigenvalue weighted by molar-refractivity contribution is 6.23. The third-order valence-electron chi connectivity index (χ3n) is 9.08. The van der Waals surface area contributed by atoms with Crippen molar-refractivity contribution >= 4 is 43.5 Å². The summed E-state index contributed by atoms with van der Waals surface area (Å²) in [5.74, 6) is 0. The normalized spacial score (nSPS) is 11.6. The van der Waals surface area contributed by atoms with Crippen molar-refractivity contribution in [2.24, 2.45) is 0 Å². The van der Waals surface area contributed by atoms with Crippen LogP contribution in [0.2, 0.25) is 0 Å². The average molecular weight is 573 g/mol. The summed E-state index contributed by atoms with van der Waals surface area (Å²) in [6.07, 6.45) is 0. The topological polar surface area (TPSA) is 13.1 Å². The molecule has 0 bridgehead atoms. The van der Waals surface area contributed by atoms with E-state index in [4.69, 9.17) is 4.42 Å². The van der Waals surface area contributed by atoms with Gasteiger partial charge in [0.05, 0.1) is 0 Å². The van der Waals surface area contributed by atoms with Crippen LogP contribution in [0, 0.1) is 0 Å². The molecule has 210 valence electrons. The minimum Gasteiger partial charge on any atom is -0.456 e. The van der Waals surface area contributed by atoms with Gasteiger partial charge >= 0.3 is 0 Å². The van der Waals surface area contributed by atoms with Gasteiger partial charge in [-0.05, 0) is 84.3 Å². The van der Waals surface area contributed by atoms with Gasteiger partial charge in [0.15, 0.2) is 0 Å². The molecule has 0 N–H and O–H groups in total. The standard InChI is InChI=1S/C44H28O/c1-3-14-29(15-4-1)32-18-7-8-19-34(32)43-37-22-11-9-20-35(37)42(36-21-10-12-23-38(36)43)31-26-27-39-41(28-31)45-40-25-13-24-33(44(39)40)30-16-5-2-6-17-30/h1-28H. The van der Waals surface area contributed by atoms with Crippen LogP contribution in [-0.2, 0) is 0 Å². The van der Waals surface area contributed by atoms with E-state index in [9.17, 15) is 0 Å². The Kier molecular flexibility index (Phi) is 5.89. The zero-order valence-electron chi connectivity index (χ0n) is 24.6. The molecule has 0 saturated carbocycles. The van der Waals surface area contributed by atoms with Gasteiger partial charge in [-0.1, -0.05) is 152 Å². The molecule has 0 aliphatic carbocycles. The van der Waals surface area contributed by atoms with E-state index in [1.807, 2.05) is 0 Å². The summed E-state index contributed by atoms with van der Waals surface area (Å²) < 4.78 is 6.56. The third-order valence-corrected chi connectivity index (χ3v) is 9.08. The molecule has 0 fully saturated rings. The number of furan rings is 1. The van der Waals surface area contributed by atoms with Gasteiger partial charge < -0.3 is 4.42 Å². The molecule has 0 radical (unpaired) electrons. The Morgan fingerprint density at radius 2 is 0.800 bits per heavy atom. The maximum absolute atomic E-state index is 6.56. The third kappa shape index (κ3) is 4.09. The van der Waals surface area contributed by atoms with Crippen molar-refractivity contribution in [2.75, 3.05) is 0 Å². The molecule has 9 aromatic rings. The zero-order chi connectivity index (χ0) is 29.7. The second kappa shape index (κ2) is 10.4.